The van der Waals surface area contributed by atoms with Crippen molar-refractivity contribution in [1.29, 1.82) is 0 Å². The molecule has 1 aliphatic rings. The van der Waals surface area contributed by atoms with E-state index in [1.807, 2.05) is 0 Å². The highest BCUT2D eigenvalue weighted by Crippen LogP contribution is 2.14. The molecule has 2 N–H and O–H groups in total. The second kappa shape index (κ2) is 4.87. The smallest absolute Gasteiger partial charge is 0.106 e. The highest BCUT2D eigenvalue weighted by Gasteiger charge is 2.11. The van der Waals surface area contributed by atoms with Gasteiger partial charge in [-0.05, 0) is 25.9 Å². The number of rotatable bonds is 3. The number of hydrogen-bond donors (Lipinski definition) is 1. The second-order valence-corrected chi connectivity index (χ2v) is 4.72. The third-order valence-electron chi connectivity index (χ3n) is 2.61. The maximum Gasteiger partial charge on any atom is 0.106 e. The summed E-state index contributed by atoms with van der Waals surface area (Å²) in [6.07, 6.45) is 4.07. The van der Waals surface area contributed by atoms with Crippen molar-refractivity contribution in [3.63, 3.8) is 0 Å². The van der Waals surface area contributed by atoms with Crippen LogP contribution in [0.3, 0.4) is 0 Å². The van der Waals surface area contributed by atoms with Crippen molar-refractivity contribution in [1.82, 2.24) is 9.88 Å². The Balaban J connectivity index is 1.89. The Kier molecular flexibility index (Phi) is 3.50. The monoisotopic (exact) mass is 211 g/mol. The quantitative estimate of drug-likeness (QED) is 0.825. The van der Waals surface area contributed by atoms with Gasteiger partial charge >= 0.3 is 0 Å². The van der Waals surface area contributed by atoms with Crippen LogP contribution in [0.4, 0.5) is 0 Å². The van der Waals surface area contributed by atoms with E-state index < -0.39 is 0 Å². The van der Waals surface area contributed by atoms with Crippen LogP contribution in [0, 0.1) is 0 Å². The molecule has 1 aromatic heterocycles. The fraction of sp³-hybridized carbons (Fsp3) is 0.700. The first-order valence-electron chi connectivity index (χ1n) is 5.24. The van der Waals surface area contributed by atoms with Gasteiger partial charge in [0.2, 0.25) is 0 Å². The number of nitrogens with two attached hydrogens (primary N) is 1. The zero-order valence-electron chi connectivity index (χ0n) is 8.41. The predicted octanol–water partition coefficient (Wildman–Crippen LogP) is 1.59. The van der Waals surface area contributed by atoms with Gasteiger partial charge in [0.1, 0.15) is 5.01 Å². The summed E-state index contributed by atoms with van der Waals surface area (Å²) < 4.78 is 0. The van der Waals surface area contributed by atoms with Crippen LogP contribution in [0.1, 0.15) is 30.0 Å². The van der Waals surface area contributed by atoms with Gasteiger partial charge in [-0.1, -0.05) is 6.42 Å². The zero-order chi connectivity index (χ0) is 9.80. The number of aromatic nitrogens is 1. The molecule has 0 saturated carbocycles. The van der Waals surface area contributed by atoms with Crippen LogP contribution in [-0.4, -0.2) is 23.0 Å². The van der Waals surface area contributed by atoms with Crippen molar-refractivity contribution in [3.05, 3.63) is 16.1 Å². The molecule has 4 heteroatoms. The standard InChI is InChI=1S/C10H17N3S/c11-6-10-12-9(8-14-10)7-13-4-2-1-3-5-13/h8H,1-7,11H2. The van der Waals surface area contributed by atoms with Crippen LogP contribution in [0.15, 0.2) is 5.38 Å². The molecule has 1 saturated heterocycles. The Hall–Kier alpha value is -0.450. The minimum absolute atomic E-state index is 0.574. The van der Waals surface area contributed by atoms with Gasteiger partial charge in [-0.15, -0.1) is 11.3 Å². The third kappa shape index (κ3) is 2.53. The number of hydrogen-bond acceptors (Lipinski definition) is 4. The highest BCUT2D eigenvalue weighted by molar-refractivity contribution is 7.09. The van der Waals surface area contributed by atoms with E-state index in [9.17, 15) is 0 Å². The van der Waals surface area contributed by atoms with Crippen molar-refractivity contribution in [2.45, 2.75) is 32.4 Å². The lowest BCUT2D eigenvalue weighted by Crippen LogP contribution is -2.29. The molecule has 78 valence electrons. The first kappa shape index (κ1) is 10.1. The maximum absolute atomic E-state index is 5.53. The highest BCUT2D eigenvalue weighted by atomic mass is 32.1. The van der Waals surface area contributed by atoms with Crippen LogP contribution in [-0.2, 0) is 13.1 Å². The Labute approximate surface area is 88.9 Å². The number of piperidine rings is 1. The molecule has 1 fully saturated rings. The first-order valence-corrected chi connectivity index (χ1v) is 6.12. The molecule has 2 rings (SSSR count). The van der Waals surface area contributed by atoms with E-state index in [2.05, 4.69) is 15.3 Å². The fourth-order valence-electron chi connectivity index (χ4n) is 1.86. The minimum Gasteiger partial charge on any atom is -0.325 e. The Morgan fingerprint density at radius 1 is 1.36 bits per heavy atom. The molecule has 1 aromatic rings. The summed E-state index contributed by atoms with van der Waals surface area (Å²) in [7, 11) is 0. The van der Waals surface area contributed by atoms with E-state index in [1.54, 1.807) is 11.3 Å². The molecule has 14 heavy (non-hydrogen) atoms. The summed E-state index contributed by atoms with van der Waals surface area (Å²) in [6.45, 7) is 4.05. The topological polar surface area (TPSA) is 42.1 Å². The lowest BCUT2D eigenvalue weighted by atomic mass is 10.1. The van der Waals surface area contributed by atoms with E-state index in [1.165, 1.54) is 38.0 Å². The Morgan fingerprint density at radius 3 is 2.79 bits per heavy atom. The van der Waals surface area contributed by atoms with Crippen molar-refractivity contribution in [3.8, 4) is 0 Å². The average molecular weight is 211 g/mol. The van der Waals surface area contributed by atoms with Gasteiger partial charge in [0, 0.05) is 18.5 Å². The predicted molar refractivity (Wildman–Crippen MR) is 59.1 cm³/mol. The van der Waals surface area contributed by atoms with Gasteiger partial charge in [-0.25, -0.2) is 4.98 Å². The largest absolute Gasteiger partial charge is 0.325 e. The number of thiazole rings is 1. The minimum atomic E-state index is 0.574. The summed E-state index contributed by atoms with van der Waals surface area (Å²) in [4.78, 5) is 6.96. The molecule has 1 aliphatic heterocycles. The normalized spacial score (nSPS) is 18.6. The lowest BCUT2D eigenvalue weighted by molar-refractivity contribution is 0.219. The van der Waals surface area contributed by atoms with Crippen LogP contribution in [0.2, 0.25) is 0 Å². The summed E-state index contributed by atoms with van der Waals surface area (Å²) in [5.74, 6) is 0. The molecule has 0 unspecified atom stereocenters. The van der Waals surface area contributed by atoms with Gasteiger partial charge < -0.3 is 5.73 Å². The van der Waals surface area contributed by atoms with Crippen LogP contribution in [0.5, 0.6) is 0 Å². The van der Waals surface area contributed by atoms with Crippen LogP contribution >= 0.6 is 11.3 Å². The molecule has 0 atom stereocenters. The van der Waals surface area contributed by atoms with Crippen molar-refractivity contribution < 1.29 is 0 Å². The summed E-state index contributed by atoms with van der Waals surface area (Å²) >= 11 is 1.68. The van der Waals surface area contributed by atoms with Crippen molar-refractivity contribution in [2.24, 2.45) is 5.73 Å². The molecule has 0 bridgehead atoms. The van der Waals surface area contributed by atoms with E-state index >= 15 is 0 Å². The van der Waals surface area contributed by atoms with Gasteiger partial charge in [-0.3, -0.25) is 4.90 Å². The summed E-state index contributed by atoms with van der Waals surface area (Å²) in [5, 5.41) is 3.19. The molecular formula is C10H17N3S. The van der Waals surface area contributed by atoms with Crippen LogP contribution in [0.25, 0.3) is 0 Å². The number of likely N-dealkylation sites (tertiary alicyclic amines) is 1. The molecule has 2 heterocycles. The second-order valence-electron chi connectivity index (χ2n) is 3.77. The van der Waals surface area contributed by atoms with Crippen molar-refractivity contribution in [2.75, 3.05) is 13.1 Å². The Morgan fingerprint density at radius 2 is 2.14 bits per heavy atom. The third-order valence-corrected chi connectivity index (χ3v) is 3.53. The molecule has 0 aromatic carbocycles. The molecular weight excluding hydrogens is 194 g/mol. The van der Waals surface area contributed by atoms with Gasteiger partial charge in [0.25, 0.3) is 0 Å². The Bertz CT molecular complexity index is 279. The van der Waals surface area contributed by atoms with Crippen molar-refractivity contribution >= 4 is 11.3 Å². The molecule has 0 spiro atoms. The summed E-state index contributed by atoms with van der Waals surface area (Å²) in [6, 6.07) is 0. The van der Waals surface area contributed by atoms with Gasteiger partial charge in [0.05, 0.1) is 5.69 Å². The lowest BCUT2D eigenvalue weighted by Gasteiger charge is -2.25. The number of nitrogens with zero attached hydrogens (tertiary/aromatic N) is 2. The van der Waals surface area contributed by atoms with E-state index in [0.29, 0.717) is 6.54 Å². The van der Waals surface area contributed by atoms with Crippen LogP contribution < -0.4 is 5.73 Å². The van der Waals surface area contributed by atoms with E-state index in [4.69, 9.17) is 5.73 Å². The molecule has 0 amide bonds. The average Bonchev–Trinajstić information content (AvgIpc) is 2.67. The molecule has 3 nitrogen and oxygen atoms in total. The molecule has 0 aliphatic carbocycles. The SMILES string of the molecule is NCc1nc(CN2CCCCC2)cs1. The zero-order valence-corrected chi connectivity index (χ0v) is 9.22. The first-order chi connectivity index (χ1) is 6.88. The van der Waals surface area contributed by atoms with E-state index in [-0.39, 0.29) is 0 Å². The van der Waals surface area contributed by atoms with Gasteiger partial charge in [-0.2, -0.15) is 0 Å². The fourth-order valence-corrected chi connectivity index (χ4v) is 2.53. The van der Waals surface area contributed by atoms with Gasteiger partial charge in [0.15, 0.2) is 0 Å². The van der Waals surface area contributed by atoms with E-state index in [0.717, 1.165) is 11.6 Å². The molecule has 0 radical (unpaired) electrons. The maximum atomic E-state index is 5.53. The summed E-state index contributed by atoms with van der Waals surface area (Å²) in [5.41, 5.74) is 6.72.